The van der Waals surface area contributed by atoms with E-state index in [1.54, 1.807) is 4.90 Å². The van der Waals surface area contributed by atoms with E-state index in [2.05, 4.69) is 43.3 Å². The summed E-state index contributed by atoms with van der Waals surface area (Å²) in [5.74, 6) is 1.05. The van der Waals surface area contributed by atoms with Gasteiger partial charge in [0, 0.05) is 21.7 Å². The normalized spacial score (nSPS) is 27.8. The Morgan fingerprint density at radius 3 is 2.18 bits per heavy atom. The molecule has 2 saturated heterocycles. The van der Waals surface area contributed by atoms with Crippen molar-refractivity contribution in [2.45, 2.75) is 60.8 Å². The van der Waals surface area contributed by atoms with E-state index >= 15 is 0 Å². The summed E-state index contributed by atoms with van der Waals surface area (Å²) in [5, 5.41) is 4.62. The van der Waals surface area contributed by atoms with Gasteiger partial charge in [-0.2, -0.15) is 0 Å². The molecule has 2 aromatic carbocycles. The zero-order valence-corrected chi connectivity index (χ0v) is 14.2. The van der Waals surface area contributed by atoms with Gasteiger partial charge in [-0.25, -0.2) is 0 Å². The van der Waals surface area contributed by atoms with E-state index in [1.165, 1.54) is 49.3 Å². The van der Waals surface area contributed by atoms with E-state index in [0.717, 1.165) is 22.9 Å². The fraction of sp³-hybridized carbons (Fsp3) is 0.500. The second-order valence-electron chi connectivity index (χ2n) is 6.52. The van der Waals surface area contributed by atoms with Gasteiger partial charge in [0.25, 0.3) is 0 Å². The average Bonchev–Trinajstić information content (AvgIpc) is 2.55. The SMILES string of the molecule is CCOc1ccc([S+]2C3CCCC2CCC3)c2ccccc12. The molecule has 2 fully saturated rings. The summed E-state index contributed by atoms with van der Waals surface area (Å²) in [5.41, 5.74) is 0. The summed E-state index contributed by atoms with van der Waals surface area (Å²) < 4.78 is 5.86. The van der Waals surface area contributed by atoms with Crippen LogP contribution < -0.4 is 4.74 Å². The molecular formula is C20H25OS+. The molecule has 1 nitrogen and oxygen atoms in total. The first-order chi connectivity index (χ1) is 10.9. The molecule has 0 unspecified atom stereocenters. The average molecular weight is 313 g/mol. The largest absolute Gasteiger partial charge is 0.493 e. The van der Waals surface area contributed by atoms with Gasteiger partial charge in [0.2, 0.25) is 0 Å². The van der Waals surface area contributed by atoms with Gasteiger partial charge in [-0.15, -0.1) is 0 Å². The highest BCUT2D eigenvalue weighted by Crippen LogP contribution is 2.45. The predicted molar refractivity (Wildman–Crippen MR) is 96.0 cm³/mol. The molecule has 0 atom stereocenters. The fourth-order valence-electron chi connectivity index (χ4n) is 4.30. The van der Waals surface area contributed by atoms with Gasteiger partial charge in [-0.05, 0) is 63.6 Å². The Bertz CT molecular complexity index is 644. The number of rotatable bonds is 3. The van der Waals surface area contributed by atoms with E-state index in [0.29, 0.717) is 10.9 Å². The highest BCUT2D eigenvalue weighted by atomic mass is 32.2. The summed E-state index contributed by atoms with van der Waals surface area (Å²) in [6.45, 7) is 2.80. The predicted octanol–water partition coefficient (Wildman–Crippen LogP) is 5.32. The lowest BCUT2D eigenvalue weighted by Crippen LogP contribution is -2.40. The van der Waals surface area contributed by atoms with Gasteiger partial charge in [-0.1, -0.05) is 18.2 Å². The molecule has 0 N–H and O–H groups in total. The van der Waals surface area contributed by atoms with E-state index in [4.69, 9.17) is 4.74 Å². The van der Waals surface area contributed by atoms with Crippen molar-refractivity contribution in [3.8, 4) is 5.75 Å². The maximum Gasteiger partial charge on any atom is 0.163 e. The summed E-state index contributed by atoms with van der Waals surface area (Å²) in [7, 11) is 0.454. The number of hydrogen-bond donors (Lipinski definition) is 0. The summed E-state index contributed by atoms with van der Waals surface area (Å²) in [6.07, 6.45) is 8.69. The Hall–Kier alpha value is -1.15. The third-order valence-corrected chi connectivity index (χ3v) is 8.46. The molecule has 2 aliphatic rings. The van der Waals surface area contributed by atoms with Crippen LogP contribution in [0.2, 0.25) is 0 Å². The van der Waals surface area contributed by atoms with Crippen LogP contribution in [0, 0.1) is 0 Å². The minimum absolute atomic E-state index is 0.454. The topological polar surface area (TPSA) is 9.23 Å². The van der Waals surface area contributed by atoms with Crippen LogP contribution >= 0.6 is 0 Å². The zero-order valence-electron chi connectivity index (χ0n) is 13.4. The second-order valence-corrected chi connectivity index (χ2v) is 9.03. The Balaban J connectivity index is 1.83. The number of benzene rings is 2. The maximum atomic E-state index is 5.86. The van der Waals surface area contributed by atoms with Crippen LogP contribution in [0.3, 0.4) is 0 Å². The highest BCUT2D eigenvalue weighted by molar-refractivity contribution is 7.98. The second kappa shape index (κ2) is 6.16. The van der Waals surface area contributed by atoms with Crippen LogP contribution in [0.5, 0.6) is 5.75 Å². The molecule has 0 aromatic heterocycles. The van der Waals surface area contributed by atoms with E-state index in [1.807, 2.05) is 0 Å². The molecule has 0 aliphatic carbocycles. The third kappa shape index (κ3) is 2.42. The molecule has 2 aromatic rings. The molecule has 2 aliphatic heterocycles. The highest BCUT2D eigenvalue weighted by Gasteiger charge is 2.46. The van der Waals surface area contributed by atoms with Crippen LogP contribution in [0.1, 0.15) is 45.4 Å². The molecule has 22 heavy (non-hydrogen) atoms. The Morgan fingerprint density at radius 1 is 0.909 bits per heavy atom. The van der Waals surface area contributed by atoms with Crippen molar-refractivity contribution >= 4 is 21.7 Å². The fourth-order valence-corrected chi connectivity index (χ4v) is 7.91. The molecule has 2 heteroatoms. The summed E-state index contributed by atoms with van der Waals surface area (Å²) in [6, 6.07) is 13.5. The number of fused-ring (bicyclic) bond motifs is 3. The van der Waals surface area contributed by atoms with Crippen molar-refractivity contribution < 1.29 is 4.74 Å². The molecule has 116 valence electrons. The molecule has 2 bridgehead atoms. The van der Waals surface area contributed by atoms with Crippen molar-refractivity contribution in [1.29, 1.82) is 0 Å². The molecule has 4 rings (SSSR count). The lowest BCUT2D eigenvalue weighted by Gasteiger charge is -2.35. The van der Waals surface area contributed by atoms with E-state index in [9.17, 15) is 0 Å². The maximum absolute atomic E-state index is 5.86. The van der Waals surface area contributed by atoms with Crippen molar-refractivity contribution in [1.82, 2.24) is 0 Å². The molecule has 0 spiro atoms. The first kappa shape index (κ1) is 14.4. The van der Waals surface area contributed by atoms with Crippen LogP contribution in [-0.4, -0.2) is 17.1 Å². The Morgan fingerprint density at radius 2 is 1.55 bits per heavy atom. The van der Waals surface area contributed by atoms with Crippen molar-refractivity contribution in [3.05, 3.63) is 36.4 Å². The van der Waals surface area contributed by atoms with E-state index in [-0.39, 0.29) is 0 Å². The molecule has 0 amide bonds. The smallest absolute Gasteiger partial charge is 0.163 e. The van der Waals surface area contributed by atoms with Gasteiger partial charge < -0.3 is 4.74 Å². The Labute approximate surface area is 136 Å². The minimum Gasteiger partial charge on any atom is -0.493 e. The molecule has 2 heterocycles. The van der Waals surface area contributed by atoms with Gasteiger partial charge >= 0.3 is 0 Å². The number of hydrogen-bond acceptors (Lipinski definition) is 1. The standard InChI is InChI=1S/C20H25OS/c1-2-21-19-13-14-20(18-12-4-3-11-17(18)19)22-15-7-5-8-16(22)10-6-9-15/h3-4,11-16H,2,5-10H2,1H3/q+1. The van der Waals surface area contributed by atoms with E-state index < -0.39 is 0 Å². The van der Waals surface area contributed by atoms with Crippen molar-refractivity contribution in [3.63, 3.8) is 0 Å². The summed E-state index contributed by atoms with van der Waals surface area (Å²) >= 11 is 0. The van der Waals surface area contributed by atoms with Crippen molar-refractivity contribution in [2.24, 2.45) is 0 Å². The van der Waals surface area contributed by atoms with Gasteiger partial charge in [-0.3, -0.25) is 0 Å². The lowest BCUT2D eigenvalue weighted by molar-refractivity contribution is 0.344. The van der Waals surface area contributed by atoms with Crippen LogP contribution in [-0.2, 0) is 10.9 Å². The molecule has 0 saturated carbocycles. The quantitative estimate of drug-likeness (QED) is 0.697. The van der Waals surface area contributed by atoms with Gasteiger partial charge in [0.15, 0.2) is 4.90 Å². The van der Waals surface area contributed by atoms with Gasteiger partial charge in [0.05, 0.1) is 6.61 Å². The minimum atomic E-state index is 0.454. The number of ether oxygens (including phenoxy) is 1. The lowest BCUT2D eigenvalue weighted by atomic mass is 9.99. The van der Waals surface area contributed by atoms with Crippen molar-refractivity contribution in [2.75, 3.05) is 6.61 Å². The summed E-state index contributed by atoms with van der Waals surface area (Å²) in [4.78, 5) is 1.62. The van der Waals surface area contributed by atoms with Crippen LogP contribution in [0.15, 0.2) is 41.3 Å². The molecule has 0 radical (unpaired) electrons. The van der Waals surface area contributed by atoms with Gasteiger partial charge in [0.1, 0.15) is 16.2 Å². The third-order valence-electron chi connectivity index (χ3n) is 5.22. The first-order valence-corrected chi connectivity index (χ1v) is 10.1. The Kier molecular flexibility index (Phi) is 4.04. The first-order valence-electron chi connectivity index (χ1n) is 8.75. The monoisotopic (exact) mass is 313 g/mol. The molecular weight excluding hydrogens is 288 g/mol. The van der Waals surface area contributed by atoms with Crippen LogP contribution in [0.25, 0.3) is 10.8 Å². The van der Waals surface area contributed by atoms with Crippen LogP contribution in [0.4, 0.5) is 0 Å². The zero-order chi connectivity index (χ0) is 14.9.